The monoisotopic (exact) mass is 245 g/mol. The van der Waals surface area contributed by atoms with E-state index < -0.39 is 5.97 Å². The molecule has 0 atom stereocenters. The molecule has 0 bridgehead atoms. The highest BCUT2D eigenvalue weighted by molar-refractivity contribution is 5.96. The number of nitrogens with zero attached hydrogens (tertiary/aromatic N) is 2. The summed E-state index contributed by atoms with van der Waals surface area (Å²) in [5.74, 6) is -0.424. The first-order valence-electron chi connectivity index (χ1n) is 5.57. The molecule has 0 saturated heterocycles. The number of methoxy groups -OCH3 is 1. The Bertz CT molecular complexity index is 575. The third kappa shape index (κ3) is 2.34. The SMILES string of the molecule is COC(=O)c1c(N)cccc1Cn1ccc(C)n1. The standard InChI is InChI=1S/C13H15N3O2/c1-9-6-7-16(15-9)8-10-4-3-5-11(14)12(10)13(17)18-2/h3-7H,8,14H2,1-2H3. The van der Waals surface area contributed by atoms with Gasteiger partial charge in [0.1, 0.15) is 0 Å². The predicted molar refractivity (Wildman–Crippen MR) is 68.3 cm³/mol. The highest BCUT2D eigenvalue weighted by Gasteiger charge is 2.15. The van der Waals surface area contributed by atoms with Crippen LogP contribution >= 0.6 is 0 Å². The van der Waals surface area contributed by atoms with E-state index in [-0.39, 0.29) is 0 Å². The molecule has 0 amide bonds. The maximum Gasteiger partial charge on any atom is 0.340 e. The molecule has 0 spiro atoms. The van der Waals surface area contributed by atoms with Gasteiger partial charge in [-0.1, -0.05) is 12.1 Å². The quantitative estimate of drug-likeness (QED) is 0.658. The summed E-state index contributed by atoms with van der Waals surface area (Å²) >= 11 is 0. The highest BCUT2D eigenvalue weighted by Crippen LogP contribution is 2.19. The van der Waals surface area contributed by atoms with Gasteiger partial charge >= 0.3 is 5.97 Å². The van der Waals surface area contributed by atoms with Crippen molar-refractivity contribution in [1.29, 1.82) is 0 Å². The summed E-state index contributed by atoms with van der Waals surface area (Å²) in [6.07, 6.45) is 1.86. The van der Waals surface area contributed by atoms with Gasteiger partial charge in [0.25, 0.3) is 0 Å². The molecule has 0 saturated carbocycles. The number of rotatable bonds is 3. The minimum atomic E-state index is -0.424. The first kappa shape index (κ1) is 12.2. The zero-order chi connectivity index (χ0) is 13.1. The van der Waals surface area contributed by atoms with Crippen LogP contribution in [0.1, 0.15) is 21.6 Å². The summed E-state index contributed by atoms with van der Waals surface area (Å²) < 4.78 is 6.51. The van der Waals surface area contributed by atoms with Crippen molar-refractivity contribution < 1.29 is 9.53 Å². The lowest BCUT2D eigenvalue weighted by Gasteiger charge is -2.10. The van der Waals surface area contributed by atoms with E-state index in [1.165, 1.54) is 7.11 Å². The van der Waals surface area contributed by atoms with Crippen LogP contribution in [0.4, 0.5) is 5.69 Å². The van der Waals surface area contributed by atoms with E-state index in [1.807, 2.05) is 31.3 Å². The van der Waals surface area contributed by atoms with Gasteiger partial charge in [-0.2, -0.15) is 5.10 Å². The summed E-state index contributed by atoms with van der Waals surface area (Å²) in [6.45, 7) is 2.40. The van der Waals surface area contributed by atoms with Crippen molar-refractivity contribution in [3.8, 4) is 0 Å². The molecule has 0 aliphatic rings. The molecule has 2 N–H and O–H groups in total. The average molecular weight is 245 g/mol. The van der Waals surface area contributed by atoms with Crippen LogP contribution in [0.2, 0.25) is 0 Å². The molecular weight excluding hydrogens is 230 g/mol. The van der Waals surface area contributed by atoms with Crippen LogP contribution in [0.5, 0.6) is 0 Å². The second-order valence-electron chi connectivity index (χ2n) is 4.03. The molecule has 0 aliphatic heterocycles. The fourth-order valence-electron chi connectivity index (χ4n) is 1.83. The number of carbonyl (C=O) groups excluding carboxylic acids is 1. The Kier molecular flexibility index (Phi) is 3.32. The van der Waals surface area contributed by atoms with Gasteiger partial charge in [-0.05, 0) is 24.6 Å². The fourth-order valence-corrected chi connectivity index (χ4v) is 1.83. The fraction of sp³-hybridized carbons (Fsp3) is 0.231. The number of aromatic nitrogens is 2. The normalized spacial score (nSPS) is 10.3. The van der Waals surface area contributed by atoms with Gasteiger partial charge in [0.05, 0.1) is 24.9 Å². The van der Waals surface area contributed by atoms with Gasteiger partial charge in [0.15, 0.2) is 0 Å². The van der Waals surface area contributed by atoms with Gasteiger partial charge < -0.3 is 10.5 Å². The number of hydrogen-bond donors (Lipinski definition) is 1. The van der Waals surface area contributed by atoms with E-state index >= 15 is 0 Å². The Morgan fingerprint density at radius 2 is 2.22 bits per heavy atom. The molecule has 5 heteroatoms. The molecular formula is C13H15N3O2. The van der Waals surface area contributed by atoms with Crippen LogP contribution < -0.4 is 5.73 Å². The Morgan fingerprint density at radius 1 is 1.44 bits per heavy atom. The maximum atomic E-state index is 11.7. The molecule has 1 aromatic carbocycles. The number of ether oxygens (including phenoxy) is 1. The number of anilines is 1. The van der Waals surface area contributed by atoms with Crippen molar-refractivity contribution in [2.75, 3.05) is 12.8 Å². The Balaban J connectivity index is 2.38. The minimum absolute atomic E-state index is 0.410. The third-order valence-electron chi connectivity index (χ3n) is 2.68. The molecule has 18 heavy (non-hydrogen) atoms. The van der Waals surface area contributed by atoms with Crippen molar-refractivity contribution >= 4 is 11.7 Å². The molecule has 2 rings (SSSR count). The number of nitrogens with two attached hydrogens (primary N) is 1. The van der Waals surface area contributed by atoms with E-state index in [1.54, 1.807) is 10.7 Å². The van der Waals surface area contributed by atoms with Gasteiger partial charge in [-0.3, -0.25) is 4.68 Å². The van der Waals surface area contributed by atoms with Crippen molar-refractivity contribution in [1.82, 2.24) is 9.78 Å². The minimum Gasteiger partial charge on any atom is -0.465 e. The molecule has 94 valence electrons. The summed E-state index contributed by atoms with van der Waals surface area (Å²) in [6, 6.07) is 7.25. The van der Waals surface area contributed by atoms with Gasteiger partial charge in [-0.25, -0.2) is 4.79 Å². The topological polar surface area (TPSA) is 70.1 Å². The van der Waals surface area contributed by atoms with E-state index in [4.69, 9.17) is 10.5 Å². The van der Waals surface area contributed by atoms with Crippen molar-refractivity contribution in [2.45, 2.75) is 13.5 Å². The van der Waals surface area contributed by atoms with E-state index in [2.05, 4.69) is 5.10 Å². The summed E-state index contributed by atoms with van der Waals surface area (Å²) in [5, 5.41) is 4.29. The third-order valence-corrected chi connectivity index (χ3v) is 2.68. The first-order valence-corrected chi connectivity index (χ1v) is 5.57. The van der Waals surface area contributed by atoms with Crippen molar-refractivity contribution in [3.63, 3.8) is 0 Å². The van der Waals surface area contributed by atoms with Crippen LogP contribution in [0.3, 0.4) is 0 Å². The molecule has 5 nitrogen and oxygen atoms in total. The number of benzene rings is 1. The maximum absolute atomic E-state index is 11.7. The molecule has 0 aliphatic carbocycles. The van der Waals surface area contributed by atoms with Gasteiger partial charge in [-0.15, -0.1) is 0 Å². The van der Waals surface area contributed by atoms with Crippen molar-refractivity contribution in [3.05, 3.63) is 47.3 Å². The smallest absolute Gasteiger partial charge is 0.340 e. The molecule has 2 aromatic rings. The number of hydrogen-bond acceptors (Lipinski definition) is 4. The molecule has 0 fully saturated rings. The number of nitrogen functional groups attached to an aromatic ring is 1. The Labute approximate surface area is 105 Å². The lowest BCUT2D eigenvalue weighted by molar-refractivity contribution is 0.0600. The highest BCUT2D eigenvalue weighted by atomic mass is 16.5. The van der Waals surface area contributed by atoms with E-state index in [0.717, 1.165) is 11.3 Å². The summed E-state index contributed by atoms with van der Waals surface area (Å²) in [7, 11) is 1.34. The summed E-state index contributed by atoms with van der Waals surface area (Å²) in [5.41, 5.74) is 8.38. The van der Waals surface area contributed by atoms with Crippen molar-refractivity contribution in [2.24, 2.45) is 0 Å². The van der Waals surface area contributed by atoms with Crippen LogP contribution in [0, 0.1) is 6.92 Å². The molecule has 1 heterocycles. The lowest BCUT2D eigenvalue weighted by Crippen LogP contribution is -2.12. The molecule has 0 unspecified atom stereocenters. The number of aryl methyl sites for hydroxylation is 1. The summed E-state index contributed by atoms with van der Waals surface area (Å²) in [4.78, 5) is 11.7. The number of esters is 1. The van der Waals surface area contributed by atoms with Gasteiger partial charge in [0.2, 0.25) is 0 Å². The zero-order valence-electron chi connectivity index (χ0n) is 10.4. The second-order valence-corrected chi connectivity index (χ2v) is 4.03. The largest absolute Gasteiger partial charge is 0.465 e. The average Bonchev–Trinajstić information content (AvgIpc) is 2.74. The van der Waals surface area contributed by atoms with Crippen LogP contribution in [0.25, 0.3) is 0 Å². The molecule has 0 radical (unpaired) electrons. The first-order chi connectivity index (χ1) is 8.61. The molecule has 1 aromatic heterocycles. The number of carbonyl (C=O) groups is 1. The Morgan fingerprint density at radius 3 is 2.83 bits per heavy atom. The zero-order valence-corrected chi connectivity index (χ0v) is 10.4. The van der Waals surface area contributed by atoms with Crippen LogP contribution in [-0.4, -0.2) is 22.9 Å². The van der Waals surface area contributed by atoms with E-state index in [0.29, 0.717) is 17.8 Å². The second kappa shape index (κ2) is 4.91. The van der Waals surface area contributed by atoms with E-state index in [9.17, 15) is 4.79 Å². The van der Waals surface area contributed by atoms with Crippen LogP contribution in [0.15, 0.2) is 30.5 Å². The lowest BCUT2D eigenvalue weighted by atomic mass is 10.1. The Hall–Kier alpha value is -2.30. The predicted octanol–water partition coefficient (Wildman–Crippen LogP) is 1.61. The van der Waals surface area contributed by atoms with Crippen LogP contribution in [-0.2, 0) is 11.3 Å². The van der Waals surface area contributed by atoms with Gasteiger partial charge in [0, 0.05) is 11.9 Å².